The Balaban J connectivity index is 1.74. The Morgan fingerprint density at radius 3 is 2.73 bits per heavy atom. The van der Waals surface area contributed by atoms with Crippen molar-refractivity contribution in [2.24, 2.45) is 0 Å². The number of ether oxygens (including phenoxy) is 2. The van der Waals surface area contributed by atoms with Crippen LogP contribution in [0.15, 0.2) is 48.9 Å². The minimum Gasteiger partial charge on any atom is -0.460 e. The number of esters is 1. The van der Waals surface area contributed by atoms with Crippen LogP contribution < -0.4 is 0 Å². The highest BCUT2D eigenvalue weighted by molar-refractivity contribution is 5.86. The van der Waals surface area contributed by atoms with E-state index in [0.717, 1.165) is 5.56 Å². The zero-order valence-corrected chi connectivity index (χ0v) is 14.4. The minimum atomic E-state index is -0.525. The second-order valence-corrected chi connectivity index (χ2v) is 5.35. The summed E-state index contributed by atoms with van der Waals surface area (Å²) in [6.07, 6.45) is 3.03. The third-order valence-electron chi connectivity index (χ3n) is 3.59. The van der Waals surface area contributed by atoms with Crippen molar-refractivity contribution < 1.29 is 14.3 Å². The third kappa shape index (κ3) is 4.28. The van der Waals surface area contributed by atoms with Gasteiger partial charge in [0.15, 0.2) is 5.82 Å². The second-order valence-electron chi connectivity index (χ2n) is 5.35. The molecule has 0 saturated heterocycles. The normalized spacial score (nSPS) is 10.7. The molecule has 0 aliphatic heterocycles. The fourth-order valence-corrected chi connectivity index (χ4v) is 2.39. The lowest BCUT2D eigenvalue weighted by Crippen LogP contribution is -2.17. The monoisotopic (exact) mass is 353 g/mol. The fraction of sp³-hybridized carbons (Fsp3) is 0.278. The number of rotatable bonds is 8. The topological polar surface area (TPSA) is 92.0 Å². The molecule has 0 fully saturated rings. The second kappa shape index (κ2) is 8.82. The van der Waals surface area contributed by atoms with Gasteiger partial charge in [-0.2, -0.15) is 0 Å². The smallest absolute Gasteiger partial charge is 0.376 e. The van der Waals surface area contributed by atoms with Gasteiger partial charge in [-0.25, -0.2) is 14.8 Å². The summed E-state index contributed by atoms with van der Waals surface area (Å²) in [5.41, 5.74) is 1.66. The molecule has 0 atom stereocenters. The van der Waals surface area contributed by atoms with Crippen LogP contribution in [-0.4, -0.2) is 43.9 Å². The number of hydrogen-bond donors (Lipinski definition) is 0. The molecule has 0 aliphatic rings. The van der Waals surface area contributed by atoms with Gasteiger partial charge in [0.05, 0.1) is 19.8 Å². The first-order valence-electron chi connectivity index (χ1n) is 8.28. The van der Waals surface area contributed by atoms with E-state index in [-0.39, 0.29) is 12.4 Å². The third-order valence-corrected chi connectivity index (χ3v) is 3.59. The summed E-state index contributed by atoms with van der Waals surface area (Å²) in [5, 5.41) is 8.06. The Kier molecular flexibility index (Phi) is 6.00. The van der Waals surface area contributed by atoms with E-state index < -0.39 is 5.97 Å². The summed E-state index contributed by atoms with van der Waals surface area (Å²) in [7, 11) is 0. The van der Waals surface area contributed by atoms with E-state index in [1.165, 1.54) is 6.33 Å². The number of nitrogens with zero attached hydrogens (tertiary/aromatic N) is 5. The molecule has 0 spiro atoms. The Morgan fingerprint density at radius 2 is 2.00 bits per heavy atom. The molecular weight excluding hydrogens is 334 g/mol. The molecule has 0 aliphatic carbocycles. The van der Waals surface area contributed by atoms with Gasteiger partial charge in [-0.05, 0) is 18.6 Å². The SMILES string of the molecule is CCOC(=O)c1nnc(-c2ccncn2)n1CCOCc1ccccc1. The van der Waals surface area contributed by atoms with Gasteiger partial charge in [0.2, 0.25) is 5.82 Å². The summed E-state index contributed by atoms with van der Waals surface area (Å²) >= 11 is 0. The highest BCUT2D eigenvalue weighted by Crippen LogP contribution is 2.16. The molecule has 8 heteroatoms. The molecule has 134 valence electrons. The van der Waals surface area contributed by atoms with Crippen LogP contribution in [0.2, 0.25) is 0 Å². The van der Waals surface area contributed by atoms with Crippen molar-refractivity contribution in [1.82, 2.24) is 24.7 Å². The average Bonchev–Trinajstić information content (AvgIpc) is 3.11. The number of carbonyl (C=O) groups excluding carboxylic acids is 1. The van der Waals surface area contributed by atoms with Crippen LogP contribution in [0.4, 0.5) is 0 Å². The van der Waals surface area contributed by atoms with Crippen LogP contribution >= 0.6 is 0 Å². The molecule has 0 amide bonds. The van der Waals surface area contributed by atoms with Crippen molar-refractivity contribution in [1.29, 1.82) is 0 Å². The maximum Gasteiger partial charge on any atom is 0.376 e. The van der Waals surface area contributed by atoms with E-state index in [9.17, 15) is 4.79 Å². The predicted molar refractivity (Wildman–Crippen MR) is 93.1 cm³/mol. The maximum absolute atomic E-state index is 12.1. The van der Waals surface area contributed by atoms with Gasteiger partial charge in [-0.15, -0.1) is 10.2 Å². The summed E-state index contributed by atoms with van der Waals surface area (Å²) < 4.78 is 12.4. The van der Waals surface area contributed by atoms with Gasteiger partial charge < -0.3 is 9.47 Å². The lowest BCUT2D eigenvalue weighted by Gasteiger charge is -2.10. The number of aromatic nitrogens is 5. The quantitative estimate of drug-likeness (QED) is 0.452. The molecular formula is C18H19N5O3. The number of benzene rings is 1. The van der Waals surface area contributed by atoms with Crippen LogP contribution in [0.1, 0.15) is 23.1 Å². The lowest BCUT2D eigenvalue weighted by molar-refractivity contribution is 0.0501. The van der Waals surface area contributed by atoms with Crippen molar-refractivity contribution in [3.8, 4) is 11.5 Å². The Morgan fingerprint density at radius 1 is 1.15 bits per heavy atom. The van der Waals surface area contributed by atoms with Crippen LogP contribution in [0.3, 0.4) is 0 Å². The van der Waals surface area contributed by atoms with Crippen molar-refractivity contribution in [2.45, 2.75) is 20.1 Å². The van der Waals surface area contributed by atoms with Gasteiger partial charge in [0.25, 0.3) is 0 Å². The van der Waals surface area contributed by atoms with Gasteiger partial charge >= 0.3 is 5.97 Å². The van der Waals surface area contributed by atoms with E-state index >= 15 is 0 Å². The standard InChI is InChI=1S/C18H19N5O3/c1-2-26-18(24)17-22-21-16(15-8-9-19-13-20-15)23(17)10-11-25-12-14-6-4-3-5-7-14/h3-9,13H,2,10-12H2,1H3. The molecule has 0 N–H and O–H groups in total. The van der Waals surface area contributed by atoms with Gasteiger partial charge in [-0.3, -0.25) is 4.57 Å². The molecule has 2 aromatic heterocycles. The van der Waals surface area contributed by atoms with Crippen molar-refractivity contribution in [2.75, 3.05) is 13.2 Å². The predicted octanol–water partition coefficient (Wildman–Crippen LogP) is 2.13. The zero-order chi connectivity index (χ0) is 18.2. The highest BCUT2D eigenvalue weighted by atomic mass is 16.5. The van der Waals surface area contributed by atoms with Crippen LogP contribution in [0.5, 0.6) is 0 Å². The van der Waals surface area contributed by atoms with Gasteiger partial charge in [0.1, 0.15) is 12.0 Å². The van der Waals surface area contributed by atoms with Gasteiger partial charge in [-0.1, -0.05) is 30.3 Å². The Labute approximate surface area is 150 Å². The number of carbonyl (C=O) groups is 1. The maximum atomic E-state index is 12.1. The fourth-order valence-electron chi connectivity index (χ4n) is 2.39. The van der Waals surface area contributed by atoms with Crippen LogP contribution in [-0.2, 0) is 22.6 Å². The van der Waals surface area contributed by atoms with E-state index in [4.69, 9.17) is 9.47 Å². The lowest BCUT2D eigenvalue weighted by atomic mass is 10.2. The Hall–Kier alpha value is -3.13. The van der Waals surface area contributed by atoms with E-state index in [2.05, 4.69) is 20.2 Å². The van der Waals surface area contributed by atoms with E-state index in [0.29, 0.717) is 31.3 Å². The van der Waals surface area contributed by atoms with Crippen molar-refractivity contribution >= 4 is 5.97 Å². The molecule has 3 aromatic rings. The van der Waals surface area contributed by atoms with Crippen LogP contribution in [0.25, 0.3) is 11.5 Å². The summed E-state index contributed by atoms with van der Waals surface area (Å²) in [6, 6.07) is 11.6. The largest absolute Gasteiger partial charge is 0.460 e. The highest BCUT2D eigenvalue weighted by Gasteiger charge is 2.21. The Bertz CT molecular complexity index is 837. The summed E-state index contributed by atoms with van der Waals surface area (Å²) in [5.74, 6) is 0.0749. The average molecular weight is 353 g/mol. The molecule has 0 radical (unpaired) electrons. The molecule has 3 rings (SSSR count). The molecule has 26 heavy (non-hydrogen) atoms. The zero-order valence-electron chi connectivity index (χ0n) is 14.4. The van der Waals surface area contributed by atoms with Crippen LogP contribution in [0, 0.1) is 0 Å². The summed E-state index contributed by atoms with van der Waals surface area (Å²) in [4.78, 5) is 20.2. The molecule has 0 bridgehead atoms. The van der Waals surface area contributed by atoms with E-state index in [1.807, 2.05) is 30.3 Å². The van der Waals surface area contributed by atoms with Crippen molar-refractivity contribution in [3.63, 3.8) is 0 Å². The molecule has 0 unspecified atom stereocenters. The first-order chi connectivity index (χ1) is 12.8. The van der Waals surface area contributed by atoms with Gasteiger partial charge in [0, 0.05) is 12.7 Å². The summed E-state index contributed by atoms with van der Waals surface area (Å²) in [6.45, 7) is 3.28. The minimum absolute atomic E-state index is 0.128. The first kappa shape index (κ1) is 17.7. The van der Waals surface area contributed by atoms with E-state index in [1.54, 1.807) is 23.8 Å². The molecule has 0 saturated carbocycles. The molecule has 1 aromatic carbocycles. The molecule has 2 heterocycles. The number of hydrogen-bond acceptors (Lipinski definition) is 7. The van der Waals surface area contributed by atoms with Crippen molar-refractivity contribution in [3.05, 3.63) is 60.3 Å². The first-order valence-corrected chi connectivity index (χ1v) is 8.28. The molecule has 8 nitrogen and oxygen atoms in total.